The Morgan fingerprint density at radius 1 is 0.635 bits per heavy atom. The number of rotatable bonds is 21. The highest BCUT2D eigenvalue weighted by atomic mass is 19.1. The van der Waals surface area contributed by atoms with Crippen LogP contribution in [0, 0.1) is 23.7 Å². The van der Waals surface area contributed by atoms with Crippen LogP contribution in [-0.2, 0) is 19.0 Å². The van der Waals surface area contributed by atoms with Crippen LogP contribution in [0.15, 0.2) is 152 Å². The molecule has 0 aromatic heterocycles. The van der Waals surface area contributed by atoms with Crippen LogP contribution in [-0.4, -0.2) is 49.0 Å². The number of esters is 3. The van der Waals surface area contributed by atoms with Crippen LogP contribution < -0.4 is 4.74 Å². The van der Waals surface area contributed by atoms with Crippen LogP contribution in [0.5, 0.6) is 5.75 Å². The van der Waals surface area contributed by atoms with Gasteiger partial charge in [-0.15, -0.1) is 0 Å². The summed E-state index contributed by atoms with van der Waals surface area (Å²) in [6, 6.07) is 44.0. The Kier molecular flexibility index (Phi) is 17.3. The normalized spacial score (nSPS) is 18.7. The lowest BCUT2D eigenvalue weighted by atomic mass is 9.81. The molecule has 1 aliphatic rings. The smallest absolute Gasteiger partial charge is 0.338 e. The van der Waals surface area contributed by atoms with E-state index in [0.29, 0.717) is 61.8 Å². The average molecular weight is 853 g/mol. The van der Waals surface area contributed by atoms with Gasteiger partial charge in [0, 0.05) is 24.7 Å². The number of hydrogen-bond acceptors (Lipinski definition) is 7. The van der Waals surface area contributed by atoms with Crippen molar-refractivity contribution in [1.82, 2.24) is 0 Å². The number of ether oxygens (including phenoxy) is 4. The number of allylic oxidation sites excluding steroid dienone is 2. The molecule has 1 aliphatic carbocycles. The lowest BCUT2D eigenvalue weighted by Gasteiger charge is -2.29. The molecule has 1 fully saturated rings. The lowest BCUT2D eigenvalue weighted by Crippen LogP contribution is -2.30. The van der Waals surface area contributed by atoms with Crippen LogP contribution in [0.25, 0.3) is 22.3 Å². The second-order valence-corrected chi connectivity index (χ2v) is 17.0. The van der Waals surface area contributed by atoms with Crippen molar-refractivity contribution in [2.45, 2.75) is 97.1 Å². The van der Waals surface area contributed by atoms with Gasteiger partial charge < -0.3 is 18.9 Å². The predicted molar refractivity (Wildman–Crippen MR) is 247 cm³/mol. The Bertz CT molecular complexity index is 2190. The van der Waals surface area contributed by atoms with Gasteiger partial charge in [-0.3, -0.25) is 4.79 Å². The second-order valence-electron chi connectivity index (χ2n) is 17.0. The zero-order chi connectivity index (χ0) is 44.6. The number of benzene rings is 5. The van der Waals surface area contributed by atoms with Gasteiger partial charge in [0.15, 0.2) is 0 Å². The Morgan fingerprint density at radius 3 is 1.65 bits per heavy atom. The largest absolute Gasteiger partial charge is 0.491 e. The zero-order valence-corrected chi connectivity index (χ0v) is 36.9. The molecule has 6 rings (SSSR count). The van der Waals surface area contributed by atoms with Crippen LogP contribution in [0.1, 0.15) is 93.4 Å². The Labute approximate surface area is 372 Å². The molecule has 1 saturated carbocycles. The summed E-state index contributed by atoms with van der Waals surface area (Å²) in [6.45, 7) is 7.60. The molecule has 0 amide bonds. The van der Waals surface area contributed by atoms with Gasteiger partial charge in [-0.1, -0.05) is 129 Å². The van der Waals surface area contributed by atoms with E-state index in [9.17, 15) is 14.4 Å². The minimum atomic E-state index is -1.19. The van der Waals surface area contributed by atoms with Crippen LogP contribution in [0.2, 0.25) is 0 Å². The number of alkyl halides is 1. The summed E-state index contributed by atoms with van der Waals surface area (Å²) in [6.07, 6.45) is 5.51. The zero-order valence-electron chi connectivity index (χ0n) is 36.9. The van der Waals surface area contributed by atoms with Crippen LogP contribution in [0.4, 0.5) is 4.39 Å². The van der Waals surface area contributed by atoms with Crippen molar-refractivity contribution in [2.75, 3.05) is 6.61 Å². The van der Waals surface area contributed by atoms with Crippen molar-refractivity contribution < 1.29 is 37.7 Å². The average Bonchev–Trinajstić information content (AvgIpc) is 3.62. The monoisotopic (exact) mass is 852 g/mol. The SMILES string of the molecule is CC(C)OC(=O)CCCC=CCC1C(OC(=O)c2ccc(-c3ccccc3)cc2)CC(OC(=O)c2ccc(-c3ccccc3)cc2)C1CCC(C)C(C)C(F)COc1ccccc1. The van der Waals surface area contributed by atoms with Gasteiger partial charge in [0.25, 0.3) is 0 Å². The molecule has 0 N–H and O–H groups in total. The first-order valence-corrected chi connectivity index (χ1v) is 22.4. The van der Waals surface area contributed by atoms with Gasteiger partial charge in [0.1, 0.15) is 30.7 Å². The van der Waals surface area contributed by atoms with Gasteiger partial charge in [-0.25, -0.2) is 14.0 Å². The molecule has 63 heavy (non-hydrogen) atoms. The van der Waals surface area contributed by atoms with Crippen molar-refractivity contribution >= 4 is 17.9 Å². The minimum absolute atomic E-state index is 0.0206. The Balaban J connectivity index is 1.21. The third-order valence-electron chi connectivity index (χ3n) is 12.2. The van der Waals surface area contributed by atoms with E-state index in [1.807, 2.05) is 136 Å². The Hall–Kier alpha value is -6.02. The lowest BCUT2D eigenvalue weighted by molar-refractivity contribution is -0.147. The van der Waals surface area contributed by atoms with Gasteiger partial charge >= 0.3 is 17.9 Å². The third kappa shape index (κ3) is 13.7. The summed E-state index contributed by atoms with van der Waals surface area (Å²) in [4.78, 5) is 40.0. The van der Waals surface area contributed by atoms with Gasteiger partial charge in [0.2, 0.25) is 0 Å². The van der Waals surface area contributed by atoms with E-state index in [0.717, 1.165) is 22.3 Å². The van der Waals surface area contributed by atoms with E-state index in [-0.39, 0.29) is 42.4 Å². The summed E-state index contributed by atoms with van der Waals surface area (Å²) in [5, 5.41) is 0. The minimum Gasteiger partial charge on any atom is -0.491 e. The molecular weight excluding hydrogens is 792 g/mol. The molecule has 0 aliphatic heterocycles. The first kappa shape index (κ1) is 46.5. The number of carbonyl (C=O) groups is 3. The highest BCUT2D eigenvalue weighted by molar-refractivity contribution is 5.91. The number of unbranched alkanes of at least 4 members (excludes halogenated alkanes) is 1. The molecule has 0 radical (unpaired) electrons. The molecule has 7 atom stereocenters. The van der Waals surface area contributed by atoms with E-state index in [4.69, 9.17) is 18.9 Å². The van der Waals surface area contributed by atoms with Crippen LogP contribution in [0.3, 0.4) is 0 Å². The highest BCUT2D eigenvalue weighted by Crippen LogP contribution is 2.43. The topological polar surface area (TPSA) is 88.1 Å². The fraction of sp³-hybridized carbons (Fsp3) is 0.364. The molecule has 7 unspecified atom stereocenters. The maximum Gasteiger partial charge on any atom is 0.338 e. The Morgan fingerprint density at radius 2 is 1.13 bits per heavy atom. The highest BCUT2D eigenvalue weighted by Gasteiger charge is 2.47. The molecule has 5 aromatic carbocycles. The summed E-state index contributed by atoms with van der Waals surface area (Å²) < 4.78 is 39.5. The second kappa shape index (κ2) is 23.4. The number of carbonyl (C=O) groups excluding carboxylic acids is 3. The fourth-order valence-electron chi connectivity index (χ4n) is 8.37. The van der Waals surface area contributed by atoms with E-state index < -0.39 is 30.3 Å². The fourth-order valence-corrected chi connectivity index (χ4v) is 8.37. The summed E-state index contributed by atoms with van der Waals surface area (Å²) in [5.74, 6) is -1.18. The van der Waals surface area contributed by atoms with E-state index in [2.05, 4.69) is 19.1 Å². The molecule has 0 saturated heterocycles. The number of halogens is 1. The predicted octanol–water partition coefficient (Wildman–Crippen LogP) is 12.9. The summed E-state index contributed by atoms with van der Waals surface area (Å²) in [5.41, 5.74) is 4.93. The maximum absolute atomic E-state index is 15.7. The molecule has 5 aromatic rings. The molecular formula is C55H61FO7. The van der Waals surface area contributed by atoms with E-state index in [1.165, 1.54) is 0 Å². The molecule has 0 heterocycles. The van der Waals surface area contributed by atoms with E-state index in [1.54, 1.807) is 24.3 Å². The first-order chi connectivity index (χ1) is 30.5. The third-order valence-corrected chi connectivity index (χ3v) is 12.2. The summed E-state index contributed by atoms with van der Waals surface area (Å²) >= 11 is 0. The van der Waals surface area contributed by atoms with Crippen molar-refractivity contribution in [1.29, 1.82) is 0 Å². The van der Waals surface area contributed by atoms with Gasteiger partial charge in [-0.05, 0) is 116 Å². The molecule has 330 valence electrons. The summed E-state index contributed by atoms with van der Waals surface area (Å²) in [7, 11) is 0. The van der Waals surface area contributed by atoms with Gasteiger partial charge in [-0.2, -0.15) is 0 Å². The molecule has 8 heteroatoms. The van der Waals surface area contributed by atoms with E-state index >= 15 is 4.39 Å². The van der Waals surface area contributed by atoms with Crippen molar-refractivity contribution in [2.24, 2.45) is 23.7 Å². The van der Waals surface area contributed by atoms with Crippen molar-refractivity contribution in [3.05, 3.63) is 163 Å². The van der Waals surface area contributed by atoms with Crippen molar-refractivity contribution in [3.63, 3.8) is 0 Å². The molecule has 0 bridgehead atoms. The molecule has 0 spiro atoms. The van der Waals surface area contributed by atoms with Crippen LogP contribution >= 0.6 is 0 Å². The maximum atomic E-state index is 15.7. The quantitative estimate of drug-likeness (QED) is 0.0314. The molecule has 7 nitrogen and oxygen atoms in total. The first-order valence-electron chi connectivity index (χ1n) is 22.4. The number of para-hydroxylation sites is 1. The number of hydrogen-bond donors (Lipinski definition) is 0. The standard InChI is InChI=1S/C55H61FO7/c1-38(2)61-53(57)25-17-6-5-16-24-48-49(35-26-39(3)40(4)50(56)37-60-47-22-14-9-15-23-47)52(63-55(59)46-33-29-44(30-34-46)42-20-12-8-13-21-42)36-51(48)62-54(58)45-31-27-43(28-32-45)41-18-10-7-11-19-41/h5,7-16,18-23,27-34,38-40,48-52H,6,17,24-26,35-37H2,1-4H3. The van der Waals surface area contributed by atoms with Gasteiger partial charge in [0.05, 0.1) is 17.2 Å². The van der Waals surface area contributed by atoms with Crippen molar-refractivity contribution in [3.8, 4) is 28.0 Å².